The van der Waals surface area contributed by atoms with Crippen LogP contribution in [0.5, 0.6) is 0 Å². The summed E-state index contributed by atoms with van der Waals surface area (Å²) in [6.45, 7) is 4.46. The lowest BCUT2D eigenvalue weighted by atomic mass is 10.1. The topological polar surface area (TPSA) is 65.7 Å². The lowest BCUT2D eigenvalue weighted by Crippen LogP contribution is -2.50. The molecular weight excluding hydrogens is 390 g/mol. The molecule has 0 aliphatic carbocycles. The lowest BCUT2D eigenvalue weighted by Gasteiger charge is -2.39. The summed E-state index contributed by atoms with van der Waals surface area (Å²) in [7, 11) is 2.49. The Balaban J connectivity index is 1.71. The molecule has 2 N–H and O–H groups in total. The summed E-state index contributed by atoms with van der Waals surface area (Å²) in [5, 5.41) is 0. The van der Waals surface area contributed by atoms with Crippen molar-refractivity contribution < 1.29 is 4.21 Å². The Morgan fingerprint density at radius 2 is 1.96 bits per heavy atom. The quantitative estimate of drug-likeness (QED) is 0.598. The van der Waals surface area contributed by atoms with Crippen LogP contribution in [-0.4, -0.2) is 57.6 Å². The maximum Gasteiger partial charge on any atom is 0.127 e. The molecular formula is C20H25N5OS2. The SMILES string of the molecule is CC#CC1CN(Sc2ccc(N)nc2)CCN1c1ccc(S(=O)N(C)C)cc1. The van der Waals surface area contributed by atoms with Crippen LogP contribution < -0.4 is 10.6 Å². The average molecular weight is 416 g/mol. The number of aromatic nitrogens is 1. The van der Waals surface area contributed by atoms with Crippen LogP contribution in [0.2, 0.25) is 0 Å². The standard InChI is InChI=1S/C20H25N5OS2/c1-4-5-17-15-24(27-18-8-11-20(21)22-14-18)12-13-25(17)16-6-9-19(10-7-16)28(26)23(2)3/h6-11,14,17H,12-13,15H2,1-3H3,(H2,21,22). The molecule has 2 aromatic rings. The maximum absolute atomic E-state index is 12.2. The monoisotopic (exact) mass is 415 g/mol. The molecule has 1 aromatic carbocycles. The molecule has 1 aliphatic heterocycles. The number of piperazine rings is 1. The van der Waals surface area contributed by atoms with Crippen molar-refractivity contribution in [3.05, 3.63) is 42.6 Å². The van der Waals surface area contributed by atoms with E-state index in [0.29, 0.717) is 5.82 Å². The molecule has 6 nitrogen and oxygen atoms in total. The lowest BCUT2D eigenvalue weighted by molar-refractivity contribution is 0.397. The minimum atomic E-state index is -1.13. The largest absolute Gasteiger partial charge is 0.384 e. The predicted octanol–water partition coefficient (Wildman–Crippen LogP) is 2.47. The molecule has 2 unspecified atom stereocenters. The number of nitrogen functional groups attached to an aromatic ring is 1. The van der Waals surface area contributed by atoms with Crippen LogP contribution in [0.1, 0.15) is 6.92 Å². The van der Waals surface area contributed by atoms with Crippen molar-refractivity contribution in [1.29, 1.82) is 0 Å². The molecule has 8 heteroatoms. The van der Waals surface area contributed by atoms with E-state index in [4.69, 9.17) is 5.73 Å². The minimum absolute atomic E-state index is 0.0955. The van der Waals surface area contributed by atoms with E-state index in [-0.39, 0.29) is 6.04 Å². The van der Waals surface area contributed by atoms with Gasteiger partial charge in [-0.05, 0) is 69.4 Å². The highest BCUT2D eigenvalue weighted by Crippen LogP contribution is 2.28. The number of hydrogen-bond donors (Lipinski definition) is 1. The van der Waals surface area contributed by atoms with E-state index in [1.54, 1.807) is 22.4 Å². The fourth-order valence-electron chi connectivity index (χ4n) is 3.00. The summed E-state index contributed by atoms with van der Waals surface area (Å²) < 4.78 is 16.2. The molecule has 2 heterocycles. The van der Waals surface area contributed by atoms with Gasteiger partial charge in [0.1, 0.15) is 22.8 Å². The molecule has 2 atom stereocenters. The maximum atomic E-state index is 12.2. The number of anilines is 2. The van der Waals surface area contributed by atoms with Gasteiger partial charge >= 0.3 is 0 Å². The van der Waals surface area contributed by atoms with Crippen molar-refractivity contribution in [3.8, 4) is 11.8 Å². The van der Waals surface area contributed by atoms with E-state index >= 15 is 0 Å². The van der Waals surface area contributed by atoms with Gasteiger partial charge in [0.15, 0.2) is 0 Å². The van der Waals surface area contributed by atoms with Crippen LogP contribution >= 0.6 is 11.9 Å². The van der Waals surface area contributed by atoms with Crippen LogP contribution in [0.15, 0.2) is 52.4 Å². The fraction of sp³-hybridized carbons (Fsp3) is 0.350. The van der Waals surface area contributed by atoms with Gasteiger partial charge in [0, 0.05) is 36.4 Å². The Morgan fingerprint density at radius 3 is 2.57 bits per heavy atom. The van der Waals surface area contributed by atoms with Crippen LogP contribution in [0.3, 0.4) is 0 Å². The molecule has 1 aromatic heterocycles. The summed E-state index contributed by atoms with van der Waals surface area (Å²) in [5.41, 5.74) is 6.77. The van der Waals surface area contributed by atoms with Crippen LogP contribution in [0, 0.1) is 11.8 Å². The zero-order valence-electron chi connectivity index (χ0n) is 16.3. The van der Waals surface area contributed by atoms with E-state index in [2.05, 4.69) is 26.0 Å². The van der Waals surface area contributed by atoms with Gasteiger partial charge in [-0.25, -0.2) is 17.8 Å². The molecule has 1 fully saturated rings. The summed E-state index contributed by atoms with van der Waals surface area (Å²) in [5.74, 6) is 6.92. The highest BCUT2D eigenvalue weighted by Gasteiger charge is 2.26. The normalized spacial score (nSPS) is 18.6. The van der Waals surface area contributed by atoms with Crippen molar-refractivity contribution in [2.45, 2.75) is 22.8 Å². The second kappa shape index (κ2) is 9.43. The Bertz CT molecular complexity index is 874. The van der Waals surface area contributed by atoms with Gasteiger partial charge in [-0.2, -0.15) is 0 Å². The first-order chi connectivity index (χ1) is 13.5. The van der Waals surface area contributed by atoms with Gasteiger partial charge in [-0.3, -0.25) is 0 Å². The molecule has 3 rings (SSSR count). The van der Waals surface area contributed by atoms with Crippen molar-refractivity contribution in [1.82, 2.24) is 13.6 Å². The second-order valence-corrected chi connectivity index (χ2v) is 9.43. The third kappa shape index (κ3) is 5.06. The van der Waals surface area contributed by atoms with E-state index in [1.165, 1.54) is 0 Å². The molecule has 0 amide bonds. The van der Waals surface area contributed by atoms with E-state index in [1.807, 2.05) is 57.4 Å². The molecule has 0 saturated carbocycles. The van der Waals surface area contributed by atoms with E-state index < -0.39 is 11.0 Å². The number of nitrogens with two attached hydrogens (primary N) is 1. The highest BCUT2D eigenvalue weighted by molar-refractivity contribution is 7.97. The Morgan fingerprint density at radius 1 is 1.21 bits per heavy atom. The van der Waals surface area contributed by atoms with Gasteiger partial charge in [0.05, 0.1) is 4.90 Å². The summed E-state index contributed by atoms with van der Waals surface area (Å²) in [4.78, 5) is 8.35. The van der Waals surface area contributed by atoms with Crippen LogP contribution in [0.4, 0.5) is 11.5 Å². The van der Waals surface area contributed by atoms with Gasteiger partial charge in [0.2, 0.25) is 0 Å². The van der Waals surface area contributed by atoms with Gasteiger partial charge in [0.25, 0.3) is 0 Å². The van der Waals surface area contributed by atoms with Crippen LogP contribution in [-0.2, 0) is 11.0 Å². The fourth-order valence-corrected chi connectivity index (χ4v) is 4.71. The Hall–Kier alpha value is -2.05. The third-order valence-electron chi connectivity index (χ3n) is 4.35. The number of rotatable bonds is 5. The first kappa shape index (κ1) is 20.7. The van der Waals surface area contributed by atoms with Gasteiger partial charge < -0.3 is 10.6 Å². The molecule has 0 spiro atoms. The van der Waals surface area contributed by atoms with Crippen molar-refractivity contribution in [3.63, 3.8) is 0 Å². The molecule has 0 radical (unpaired) electrons. The number of benzene rings is 1. The molecule has 28 heavy (non-hydrogen) atoms. The third-order valence-corrected chi connectivity index (χ3v) is 6.73. The zero-order valence-corrected chi connectivity index (χ0v) is 18.0. The Kier molecular flexibility index (Phi) is 6.97. The predicted molar refractivity (Wildman–Crippen MR) is 117 cm³/mol. The molecule has 1 aliphatic rings. The second-order valence-electron chi connectivity index (χ2n) is 6.56. The number of hydrogen-bond acceptors (Lipinski definition) is 6. The minimum Gasteiger partial charge on any atom is -0.384 e. The average Bonchev–Trinajstić information content (AvgIpc) is 2.70. The first-order valence-electron chi connectivity index (χ1n) is 9.00. The number of pyridine rings is 1. The van der Waals surface area contributed by atoms with E-state index in [9.17, 15) is 4.21 Å². The van der Waals surface area contributed by atoms with Gasteiger partial charge in [-0.1, -0.05) is 5.92 Å². The van der Waals surface area contributed by atoms with Gasteiger partial charge in [-0.15, -0.1) is 5.92 Å². The molecule has 148 valence electrons. The zero-order chi connectivity index (χ0) is 20.1. The van der Waals surface area contributed by atoms with E-state index in [0.717, 1.165) is 35.1 Å². The van der Waals surface area contributed by atoms with Crippen molar-refractivity contribution in [2.75, 3.05) is 44.4 Å². The number of nitrogens with zero attached hydrogens (tertiary/aromatic N) is 4. The molecule has 0 bridgehead atoms. The first-order valence-corrected chi connectivity index (χ1v) is 10.9. The summed E-state index contributed by atoms with van der Waals surface area (Å²) in [6, 6.07) is 11.8. The van der Waals surface area contributed by atoms with Crippen molar-refractivity contribution >= 4 is 34.4 Å². The van der Waals surface area contributed by atoms with Crippen molar-refractivity contribution in [2.24, 2.45) is 0 Å². The summed E-state index contributed by atoms with van der Waals surface area (Å²) >= 11 is 1.68. The Labute approximate surface area is 173 Å². The highest BCUT2D eigenvalue weighted by atomic mass is 32.2. The van der Waals surface area contributed by atoms with Crippen LogP contribution in [0.25, 0.3) is 0 Å². The smallest absolute Gasteiger partial charge is 0.127 e. The summed E-state index contributed by atoms with van der Waals surface area (Å²) in [6.07, 6.45) is 1.80. The molecule has 1 saturated heterocycles.